The third kappa shape index (κ3) is 4.28. The number of aryl methyl sites for hydroxylation is 2. The molecule has 0 aliphatic heterocycles. The number of ether oxygens (including phenoxy) is 1. The van der Waals surface area contributed by atoms with Crippen LogP contribution in [0.3, 0.4) is 0 Å². The highest BCUT2D eigenvalue weighted by molar-refractivity contribution is 6.01. The Labute approximate surface area is 178 Å². The molecule has 0 unspecified atom stereocenters. The first-order valence-electron chi connectivity index (χ1n) is 9.64. The van der Waals surface area contributed by atoms with Gasteiger partial charge in [-0.15, -0.1) is 5.11 Å². The van der Waals surface area contributed by atoms with Crippen molar-refractivity contribution in [3.63, 3.8) is 0 Å². The Balaban J connectivity index is 1.76. The van der Waals surface area contributed by atoms with Crippen LogP contribution in [0.1, 0.15) is 21.5 Å². The molecule has 6 heteroatoms. The van der Waals surface area contributed by atoms with Gasteiger partial charge in [0.1, 0.15) is 11.4 Å². The molecular formula is C25H19FN2O3. The summed E-state index contributed by atoms with van der Waals surface area (Å²) in [5.74, 6) is -1.31. The highest BCUT2D eigenvalue weighted by Gasteiger charge is 2.17. The second-order valence-electron chi connectivity index (χ2n) is 7.16. The highest BCUT2D eigenvalue weighted by atomic mass is 19.1. The molecule has 0 radical (unpaired) electrons. The van der Waals surface area contributed by atoms with E-state index in [9.17, 15) is 14.3 Å². The molecule has 0 aliphatic carbocycles. The fraction of sp³-hybridized carbons (Fsp3) is 0.0800. The molecule has 0 heterocycles. The van der Waals surface area contributed by atoms with Crippen LogP contribution in [-0.4, -0.2) is 11.1 Å². The van der Waals surface area contributed by atoms with Crippen LogP contribution in [0.2, 0.25) is 0 Å². The second-order valence-corrected chi connectivity index (χ2v) is 7.16. The summed E-state index contributed by atoms with van der Waals surface area (Å²) < 4.78 is 19.2. The van der Waals surface area contributed by atoms with Crippen molar-refractivity contribution in [1.82, 2.24) is 0 Å². The van der Waals surface area contributed by atoms with Crippen LogP contribution in [0.5, 0.6) is 11.5 Å². The number of aromatic hydroxyl groups is 1. The summed E-state index contributed by atoms with van der Waals surface area (Å²) in [5, 5.41) is 20.2. The molecule has 0 saturated heterocycles. The van der Waals surface area contributed by atoms with E-state index in [0.717, 1.165) is 10.8 Å². The van der Waals surface area contributed by atoms with Crippen LogP contribution in [0.4, 0.5) is 15.8 Å². The molecule has 31 heavy (non-hydrogen) atoms. The number of fused-ring (bicyclic) bond motifs is 1. The zero-order valence-electron chi connectivity index (χ0n) is 17.0. The number of para-hydroxylation sites is 1. The lowest BCUT2D eigenvalue weighted by Gasteiger charge is -2.09. The van der Waals surface area contributed by atoms with Gasteiger partial charge in [-0.05, 0) is 72.1 Å². The number of carbonyl (C=O) groups excluding carboxylic acids is 1. The van der Waals surface area contributed by atoms with Crippen molar-refractivity contribution >= 4 is 28.1 Å². The van der Waals surface area contributed by atoms with E-state index in [2.05, 4.69) is 10.2 Å². The monoisotopic (exact) mass is 414 g/mol. The largest absolute Gasteiger partial charge is 0.507 e. The fourth-order valence-electron chi connectivity index (χ4n) is 3.26. The number of halogens is 1. The zero-order valence-corrected chi connectivity index (χ0v) is 17.0. The van der Waals surface area contributed by atoms with Gasteiger partial charge in [0.25, 0.3) is 0 Å². The quantitative estimate of drug-likeness (QED) is 0.223. The summed E-state index contributed by atoms with van der Waals surface area (Å²) in [7, 11) is 0. The normalized spacial score (nSPS) is 11.2. The van der Waals surface area contributed by atoms with E-state index < -0.39 is 11.8 Å². The van der Waals surface area contributed by atoms with Crippen molar-refractivity contribution in [2.45, 2.75) is 13.8 Å². The van der Waals surface area contributed by atoms with E-state index in [-0.39, 0.29) is 17.1 Å². The second kappa shape index (κ2) is 8.36. The zero-order chi connectivity index (χ0) is 22.0. The molecule has 1 N–H and O–H groups in total. The third-order valence-electron chi connectivity index (χ3n) is 4.87. The minimum absolute atomic E-state index is 0.159. The predicted molar refractivity (Wildman–Crippen MR) is 117 cm³/mol. The number of benzene rings is 4. The Hall–Kier alpha value is -4.06. The van der Waals surface area contributed by atoms with Gasteiger partial charge in [-0.2, -0.15) is 5.11 Å². The average Bonchev–Trinajstić information content (AvgIpc) is 2.76. The smallest absolute Gasteiger partial charge is 0.345 e. The van der Waals surface area contributed by atoms with Crippen LogP contribution in [0, 0.1) is 19.7 Å². The molecule has 0 aliphatic rings. The van der Waals surface area contributed by atoms with Gasteiger partial charge in [-0.3, -0.25) is 0 Å². The topological polar surface area (TPSA) is 71.2 Å². The average molecular weight is 414 g/mol. The summed E-state index contributed by atoms with van der Waals surface area (Å²) in [4.78, 5) is 12.9. The van der Waals surface area contributed by atoms with Gasteiger partial charge < -0.3 is 9.84 Å². The van der Waals surface area contributed by atoms with Gasteiger partial charge in [-0.1, -0.05) is 36.4 Å². The molecule has 0 aromatic heterocycles. The van der Waals surface area contributed by atoms with Crippen LogP contribution in [0.25, 0.3) is 10.8 Å². The molecule has 5 nitrogen and oxygen atoms in total. The van der Waals surface area contributed by atoms with E-state index in [1.54, 1.807) is 44.2 Å². The SMILES string of the molecule is Cc1cc(N=Nc2cc3ccccc3cc2C(=O)Oc2ccccc2F)cc(C)c1O. The number of azo groups is 1. The first kappa shape index (κ1) is 20.2. The predicted octanol–water partition coefficient (Wildman–Crippen LogP) is 6.94. The van der Waals surface area contributed by atoms with E-state index in [1.807, 2.05) is 24.3 Å². The first-order chi connectivity index (χ1) is 14.9. The van der Waals surface area contributed by atoms with E-state index in [0.29, 0.717) is 22.5 Å². The van der Waals surface area contributed by atoms with Crippen molar-refractivity contribution in [2.24, 2.45) is 10.2 Å². The lowest BCUT2D eigenvalue weighted by molar-refractivity contribution is 0.0729. The summed E-state index contributed by atoms with van der Waals surface area (Å²) >= 11 is 0. The number of phenolic OH excluding ortho intramolecular Hbond substituents is 1. The fourth-order valence-corrected chi connectivity index (χ4v) is 3.26. The Morgan fingerprint density at radius 3 is 2.16 bits per heavy atom. The molecular weight excluding hydrogens is 395 g/mol. The number of esters is 1. The Morgan fingerprint density at radius 1 is 0.871 bits per heavy atom. The Morgan fingerprint density at radius 2 is 1.48 bits per heavy atom. The highest BCUT2D eigenvalue weighted by Crippen LogP contribution is 2.32. The lowest BCUT2D eigenvalue weighted by atomic mass is 10.1. The maximum atomic E-state index is 14.0. The molecule has 0 spiro atoms. The summed E-state index contributed by atoms with van der Waals surface area (Å²) in [6, 6.07) is 20.0. The maximum absolute atomic E-state index is 14.0. The Bertz CT molecular complexity index is 1310. The van der Waals surface area contributed by atoms with Crippen LogP contribution in [0.15, 0.2) is 83.0 Å². The van der Waals surface area contributed by atoms with E-state index in [4.69, 9.17) is 4.74 Å². The van der Waals surface area contributed by atoms with Crippen molar-refractivity contribution in [3.8, 4) is 11.5 Å². The number of carbonyl (C=O) groups is 1. The summed E-state index contributed by atoms with van der Waals surface area (Å²) in [6.45, 7) is 3.54. The third-order valence-corrected chi connectivity index (χ3v) is 4.87. The van der Waals surface area contributed by atoms with E-state index in [1.165, 1.54) is 18.2 Å². The standard InChI is InChI=1S/C25H19FN2O3/c1-15-11-19(12-16(2)24(15)29)27-28-22-14-18-8-4-3-7-17(18)13-20(22)25(30)31-23-10-6-5-9-21(23)26/h3-14,29H,1-2H3. The molecule has 0 amide bonds. The minimum Gasteiger partial charge on any atom is -0.507 e. The molecule has 4 aromatic carbocycles. The molecule has 0 fully saturated rings. The summed E-state index contributed by atoms with van der Waals surface area (Å²) in [6.07, 6.45) is 0. The summed E-state index contributed by atoms with van der Waals surface area (Å²) in [5.41, 5.74) is 2.34. The first-order valence-corrected chi connectivity index (χ1v) is 9.64. The molecule has 4 rings (SSSR count). The van der Waals surface area contributed by atoms with Gasteiger partial charge >= 0.3 is 5.97 Å². The van der Waals surface area contributed by atoms with Crippen molar-refractivity contribution in [3.05, 3.63) is 95.3 Å². The van der Waals surface area contributed by atoms with Crippen LogP contribution >= 0.6 is 0 Å². The van der Waals surface area contributed by atoms with Crippen LogP contribution in [-0.2, 0) is 0 Å². The maximum Gasteiger partial charge on any atom is 0.345 e. The molecule has 154 valence electrons. The molecule has 0 atom stereocenters. The number of hydrogen-bond acceptors (Lipinski definition) is 5. The van der Waals surface area contributed by atoms with Crippen molar-refractivity contribution < 1.29 is 19.0 Å². The molecule has 0 saturated carbocycles. The van der Waals surface area contributed by atoms with Gasteiger partial charge in [0.15, 0.2) is 11.6 Å². The molecule has 4 aromatic rings. The van der Waals surface area contributed by atoms with Gasteiger partial charge in [-0.25, -0.2) is 9.18 Å². The van der Waals surface area contributed by atoms with Gasteiger partial charge in [0, 0.05) is 0 Å². The van der Waals surface area contributed by atoms with Gasteiger partial charge in [0.05, 0.1) is 11.3 Å². The lowest BCUT2D eigenvalue weighted by Crippen LogP contribution is -2.09. The minimum atomic E-state index is -0.733. The number of hydrogen-bond donors (Lipinski definition) is 1. The van der Waals surface area contributed by atoms with Crippen molar-refractivity contribution in [1.29, 1.82) is 0 Å². The number of rotatable bonds is 4. The number of nitrogens with zero attached hydrogens (tertiary/aromatic N) is 2. The van der Waals surface area contributed by atoms with Gasteiger partial charge in [0.2, 0.25) is 0 Å². The van der Waals surface area contributed by atoms with Crippen LogP contribution < -0.4 is 4.74 Å². The number of phenols is 1. The Kier molecular flexibility index (Phi) is 5.45. The molecule has 0 bridgehead atoms. The van der Waals surface area contributed by atoms with Crippen molar-refractivity contribution in [2.75, 3.05) is 0 Å². The van der Waals surface area contributed by atoms with E-state index >= 15 is 0 Å².